The maximum Gasteiger partial charge on any atom is 0.241 e. The molecule has 1 amide bonds. The van der Waals surface area contributed by atoms with Crippen LogP contribution in [0, 0.1) is 5.92 Å². The molecule has 2 unspecified atom stereocenters. The number of likely N-dealkylation sites (N-methyl/N-ethyl adjacent to an activating group) is 1. The number of amides is 1. The van der Waals surface area contributed by atoms with Crippen LogP contribution in [0.3, 0.4) is 0 Å². The van der Waals surface area contributed by atoms with Gasteiger partial charge in [-0.2, -0.15) is 5.10 Å². The summed E-state index contributed by atoms with van der Waals surface area (Å²) in [6.45, 7) is 6.27. The van der Waals surface area contributed by atoms with E-state index in [4.69, 9.17) is 0 Å². The summed E-state index contributed by atoms with van der Waals surface area (Å²) in [5.41, 5.74) is 0.897. The predicted octanol–water partition coefficient (Wildman–Crippen LogP) is 0.982. The average molecular weight is 352 g/mol. The van der Waals surface area contributed by atoms with Crippen LogP contribution in [0.1, 0.15) is 24.9 Å². The van der Waals surface area contributed by atoms with Gasteiger partial charge in [-0.25, -0.2) is 0 Å². The van der Waals surface area contributed by atoms with E-state index in [1.54, 1.807) is 17.9 Å². The van der Waals surface area contributed by atoms with E-state index in [1.165, 1.54) is 6.42 Å². The summed E-state index contributed by atoms with van der Waals surface area (Å²) in [6, 6.07) is -0.326. The lowest BCUT2D eigenvalue weighted by molar-refractivity contribution is -0.123. The van der Waals surface area contributed by atoms with Crippen molar-refractivity contribution in [3.8, 4) is 0 Å². The second kappa shape index (κ2) is 10.0. The quantitative estimate of drug-likeness (QED) is 0.801. The Morgan fingerprint density at radius 1 is 1.50 bits per heavy atom. The van der Waals surface area contributed by atoms with Gasteiger partial charge in [0.15, 0.2) is 0 Å². The molecule has 22 heavy (non-hydrogen) atoms. The van der Waals surface area contributed by atoms with Crippen molar-refractivity contribution in [1.82, 2.24) is 25.3 Å². The molecule has 6 nitrogen and oxygen atoms in total. The smallest absolute Gasteiger partial charge is 0.241 e. The minimum absolute atomic E-state index is 0. The summed E-state index contributed by atoms with van der Waals surface area (Å²) in [7, 11) is 3.65. The number of nitrogens with zero attached hydrogens (tertiary/aromatic N) is 3. The minimum atomic E-state index is -0.326. The van der Waals surface area contributed by atoms with Crippen LogP contribution >= 0.6 is 24.8 Å². The molecule has 0 spiro atoms. The van der Waals surface area contributed by atoms with E-state index in [9.17, 15) is 4.79 Å². The van der Waals surface area contributed by atoms with Gasteiger partial charge in [-0.05, 0) is 32.5 Å². The van der Waals surface area contributed by atoms with Crippen LogP contribution in [0.25, 0.3) is 0 Å². The van der Waals surface area contributed by atoms with Crippen LogP contribution in [0.5, 0.6) is 0 Å². The normalized spacial score (nSPS) is 19.1. The summed E-state index contributed by atoms with van der Waals surface area (Å²) in [4.78, 5) is 14.7. The van der Waals surface area contributed by atoms with Crippen molar-refractivity contribution in [2.24, 2.45) is 13.0 Å². The fraction of sp³-hybridized carbons (Fsp3) is 0.714. The molecule has 1 aromatic rings. The zero-order chi connectivity index (χ0) is 14.5. The molecule has 1 fully saturated rings. The molecule has 2 N–H and O–H groups in total. The van der Waals surface area contributed by atoms with Crippen molar-refractivity contribution < 1.29 is 4.79 Å². The molecule has 1 aliphatic rings. The number of carbonyl (C=O) groups is 1. The van der Waals surface area contributed by atoms with Gasteiger partial charge in [0.25, 0.3) is 0 Å². The Labute approximate surface area is 144 Å². The van der Waals surface area contributed by atoms with Crippen LogP contribution in [0.4, 0.5) is 0 Å². The Bertz CT molecular complexity index is 454. The molecule has 8 heteroatoms. The first-order chi connectivity index (χ1) is 9.63. The van der Waals surface area contributed by atoms with Crippen molar-refractivity contribution in [2.75, 3.05) is 33.2 Å². The Hall–Kier alpha value is -0.820. The van der Waals surface area contributed by atoms with Gasteiger partial charge in [-0.1, -0.05) is 6.92 Å². The van der Waals surface area contributed by atoms with Gasteiger partial charge < -0.3 is 15.5 Å². The number of likely N-dealkylation sites (tertiary alicyclic amines) is 1. The van der Waals surface area contributed by atoms with Gasteiger partial charge in [0.2, 0.25) is 5.91 Å². The largest absolute Gasteiger partial charge is 0.354 e. The van der Waals surface area contributed by atoms with Crippen molar-refractivity contribution in [2.45, 2.75) is 19.4 Å². The highest BCUT2D eigenvalue weighted by Gasteiger charge is 2.24. The van der Waals surface area contributed by atoms with E-state index in [0.717, 1.165) is 31.7 Å². The van der Waals surface area contributed by atoms with E-state index in [1.807, 2.05) is 13.2 Å². The van der Waals surface area contributed by atoms with E-state index in [2.05, 4.69) is 27.6 Å². The fourth-order valence-corrected chi connectivity index (χ4v) is 2.75. The number of hydrogen-bond donors (Lipinski definition) is 2. The van der Waals surface area contributed by atoms with Crippen molar-refractivity contribution in [3.63, 3.8) is 0 Å². The summed E-state index contributed by atoms with van der Waals surface area (Å²) in [6.07, 6.45) is 4.77. The summed E-state index contributed by atoms with van der Waals surface area (Å²) >= 11 is 0. The highest BCUT2D eigenvalue weighted by atomic mass is 35.5. The number of aromatic nitrogens is 2. The standard InChI is InChI=1S/C14H25N5O.2ClH/c1-4-19-6-5-11(9-19)7-16-14(20)13(15-2)12-8-17-18(3)10-12;;/h8,10-11,13,15H,4-7,9H2,1-3H3,(H,16,20);2*1H. The van der Waals surface area contributed by atoms with Crippen LogP contribution in [0.2, 0.25) is 0 Å². The van der Waals surface area contributed by atoms with Crippen LogP contribution < -0.4 is 10.6 Å². The van der Waals surface area contributed by atoms with Gasteiger partial charge in [0.05, 0.1) is 6.20 Å². The number of aryl methyl sites for hydroxylation is 1. The number of halogens is 2. The highest BCUT2D eigenvalue weighted by Crippen LogP contribution is 2.16. The lowest BCUT2D eigenvalue weighted by Gasteiger charge is -2.17. The number of nitrogens with one attached hydrogen (secondary N) is 2. The summed E-state index contributed by atoms with van der Waals surface area (Å²) in [5, 5.41) is 10.2. The predicted molar refractivity (Wildman–Crippen MR) is 92.7 cm³/mol. The van der Waals surface area contributed by atoms with Gasteiger partial charge in [0, 0.05) is 31.9 Å². The highest BCUT2D eigenvalue weighted by molar-refractivity contribution is 5.85. The molecule has 1 aliphatic heterocycles. The van der Waals surface area contributed by atoms with E-state index >= 15 is 0 Å². The van der Waals surface area contributed by atoms with Gasteiger partial charge in [-0.3, -0.25) is 9.48 Å². The van der Waals surface area contributed by atoms with Gasteiger partial charge in [0.1, 0.15) is 6.04 Å². The first-order valence-corrected chi connectivity index (χ1v) is 7.30. The Morgan fingerprint density at radius 3 is 2.73 bits per heavy atom. The zero-order valence-electron chi connectivity index (χ0n) is 13.4. The molecule has 1 saturated heterocycles. The molecule has 2 atom stereocenters. The molecule has 0 aliphatic carbocycles. The monoisotopic (exact) mass is 351 g/mol. The third-order valence-corrected chi connectivity index (χ3v) is 3.99. The van der Waals surface area contributed by atoms with Crippen molar-refractivity contribution in [1.29, 1.82) is 0 Å². The van der Waals surface area contributed by atoms with Gasteiger partial charge >= 0.3 is 0 Å². The topological polar surface area (TPSA) is 62.2 Å². The SMILES string of the molecule is CCN1CCC(CNC(=O)C(NC)c2cnn(C)c2)C1.Cl.Cl. The summed E-state index contributed by atoms with van der Waals surface area (Å²) in [5.74, 6) is 0.598. The second-order valence-electron chi connectivity index (χ2n) is 5.46. The molecule has 128 valence electrons. The maximum atomic E-state index is 12.3. The Kier molecular flexibility index (Phi) is 9.67. The lowest BCUT2D eigenvalue weighted by Crippen LogP contribution is -2.38. The van der Waals surface area contributed by atoms with Crippen molar-refractivity contribution >= 4 is 30.7 Å². The number of hydrogen-bond acceptors (Lipinski definition) is 4. The number of rotatable bonds is 6. The lowest BCUT2D eigenvalue weighted by atomic mass is 10.1. The molecular weight excluding hydrogens is 325 g/mol. The third-order valence-electron chi connectivity index (χ3n) is 3.99. The van der Waals surface area contributed by atoms with Crippen LogP contribution in [-0.2, 0) is 11.8 Å². The van der Waals surface area contributed by atoms with E-state index in [0.29, 0.717) is 5.92 Å². The first-order valence-electron chi connectivity index (χ1n) is 7.30. The Balaban J connectivity index is 0.00000220. The molecular formula is C14H27Cl2N5O. The molecule has 2 rings (SSSR count). The van der Waals surface area contributed by atoms with Crippen LogP contribution in [0.15, 0.2) is 12.4 Å². The average Bonchev–Trinajstić information content (AvgIpc) is 3.06. The molecule has 0 aromatic carbocycles. The summed E-state index contributed by atoms with van der Waals surface area (Å²) < 4.78 is 1.71. The fourth-order valence-electron chi connectivity index (χ4n) is 2.75. The van der Waals surface area contributed by atoms with Crippen LogP contribution in [-0.4, -0.2) is 53.8 Å². The van der Waals surface area contributed by atoms with E-state index in [-0.39, 0.29) is 36.8 Å². The second-order valence-corrected chi connectivity index (χ2v) is 5.46. The van der Waals surface area contributed by atoms with E-state index < -0.39 is 0 Å². The Morgan fingerprint density at radius 2 is 2.23 bits per heavy atom. The molecule has 1 aromatic heterocycles. The maximum absolute atomic E-state index is 12.3. The van der Waals surface area contributed by atoms with Gasteiger partial charge in [-0.15, -0.1) is 24.8 Å². The molecule has 0 bridgehead atoms. The zero-order valence-corrected chi connectivity index (χ0v) is 15.0. The number of carbonyl (C=O) groups excluding carboxylic acids is 1. The molecule has 2 heterocycles. The molecule has 0 radical (unpaired) electrons. The first kappa shape index (κ1) is 21.2. The van der Waals surface area contributed by atoms with Crippen molar-refractivity contribution in [3.05, 3.63) is 18.0 Å². The minimum Gasteiger partial charge on any atom is -0.354 e. The molecule has 0 saturated carbocycles. The third kappa shape index (κ3) is 5.43.